The van der Waals surface area contributed by atoms with E-state index in [0.29, 0.717) is 53.0 Å². The van der Waals surface area contributed by atoms with Crippen molar-refractivity contribution in [3.8, 4) is 40.0 Å². The van der Waals surface area contributed by atoms with Crippen molar-refractivity contribution in [1.82, 2.24) is 38.7 Å². The molecule has 1 amide bonds. The van der Waals surface area contributed by atoms with Gasteiger partial charge in [-0.1, -0.05) is 34.3 Å². The van der Waals surface area contributed by atoms with E-state index in [2.05, 4.69) is 44.6 Å². The van der Waals surface area contributed by atoms with E-state index in [4.69, 9.17) is 14.5 Å². The van der Waals surface area contributed by atoms with Crippen molar-refractivity contribution in [2.24, 2.45) is 5.92 Å². The number of H-pyrrole nitrogens is 1. The molecule has 1 fully saturated rings. The SMILES string of the molecule is C=C(CN(C)C(=O)Oc1ccc2nc3c(c(CC)c2c1)Cn1c-3cc2c(c1=O)COC(=O)[C@]2(O)CC)N1CCC(CCn2ccc3cc(-n4c(-c5cc(C(C)C)c(O)cc5C)n[nH]c4=O)ccc32)CC1. The van der Waals surface area contributed by atoms with Crippen LogP contribution in [0.4, 0.5) is 4.79 Å². The molecule has 10 rings (SSSR count). The van der Waals surface area contributed by atoms with Gasteiger partial charge in [-0.2, -0.15) is 5.10 Å². The van der Waals surface area contributed by atoms with Crippen LogP contribution in [0.3, 0.4) is 0 Å². The minimum atomic E-state index is -1.91. The molecule has 1 saturated heterocycles. The topological polar surface area (TPSA) is 190 Å². The minimum Gasteiger partial charge on any atom is -0.508 e. The monoisotopic (exact) mass is 946 g/mol. The predicted molar refractivity (Wildman–Crippen MR) is 266 cm³/mol. The van der Waals surface area contributed by atoms with Crippen LogP contribution >= 0.6 is 0 Å². The third-order valence-corrected chi connectivity index (χ3v) is 14.8. The van der Waals surface area contributed by atoms with Crippen LogP contribution in [0.5, 0.6) is 11.5 Å². The highest BCUT2D eigenvalue weighted by atomic mass is 16.6. The van der Waals surface area contributed by atoms with E-state index in [1.54, 1.807) is 47.4 Å². The summed E-state index contributed by atoms with van der Waals surface area (Å²) in [6.45, 7) is 16.9. The summed E-state index contributed by atoms with van der Waals surface area (Å²) in [6.07, 6.45) is 5.31. The molecule has 16 heteroatoms. The summed E-state index contributed by atoms with van der Waals surface area (Å²) in [4.78, 5) is 61.8. The van der Waals surface area contributed by atoms with E-state index in [0.717, 1.165) is 88.7 Å². The first-order valence-electron chi connectivity index (χ1n) is 24.2. The Balaban J connectivity index is 0.750. The number of phenols is 1. The van der Waals surface area contributed by atoms with Crippen molar-refractivity contribution in [2.45, 2.75) is 97.9 Å². The van der Waals surface area contributed by atoms with E-state index in [9.17, 15) is 29.4 Å². The van der Waals surface area contributed by atoms with Crippen LogP contribution in [0.15, 0.2) is 88.7 Å². The summed E-state index contributed by atoms with van der Waals surface area (Å²) in [5, 5.41) is 30.7. The number of esters is 1. The van der Waals surface area contributed by atoms with E-state index >= 15 is 0 Å². The van der Waals surface area contributed by atoms with Crippen molar-refractivity contribution in [3.05, 3.63) is 133 Å². The van der Waals surface area contributed by atoms with Crippen molar-refractivity contribution in [3.63, 3.8) is 0 Å². The molecule has 3 aromatic carbocycles. The van der Waals surface area contributed by atoms with Crippen molar-refractivity contribution in [2.75, 3.05) is 26.7 Å². The lowest BCUT2D eigenvalue weighted by molar-refractivity contribution is -0.172. The molecule has 3 N–H and O–H groups in total. The number of benzene rings is 3. The van der Waals surface area contributed by atoms with Gasteiger partial charge in [0.25, 0.3) is 5.56 Å². The van der Waals surface area contributed by atoms with Gasteiger partial charge in [-0.3, -0.25) is 4.79 Å². The van der Waals surface area contributed by atoms with Crippen molar-refractivity contribution >= 4 is 33.9 Å². The lowest BCUT2D eigenvalue weighted by atomic mass is 9.86. The molecule has 0 aliphatic carbocycles. The number of hydrogen-bond donors (Lipinski definition) is 3. The second kappa shape index (κ2) is 17.8. The van der Waals surface area contributed by atoms with Gasteiger partial charge in [0, 0.05) is 71.6 Å². The van der Waals surface area contributed by atoms with Gasteiger partial charge in [0.05, 0.1) is 41.2 Å². The number of hydrogen-bond acceptors (Lipinski definition) is 11. The molecular weight excluding hydrogens is 889 g/mol. The fourth-order valence-electron chi connectivity index (χ4n) is 10.7. The number of aliphatic hydroxyl groups is 1. The number of aryl methyl sites for hydroxylation is 3. The number of fused-ring (bicyclic) bond motifs is 6. The predicted octanol–water partition coefficient (Wildman–Crippen LogP) is 8.02. The molecule has 3 aliphatic rings. The normalized spacial score (nSPS) is 16.7. The quantitative estimate of drug-likeness (QED) is 0.101. The lowest BCUT2D eigenvalue weighted by Gasteiger charge is -2.36. The summed E-state index contributed by atoms with van der Waals surface area (Å²) in [6, 6.07) is 18.8. The highest BCUT2D eigenvalue weighted by Crippen LogP contribution is 2.41. The Morgan fingerprint density at radius 3 is 2.57 bits per heavy atom. The van der Waals surface area contributed by atoms with Gasteiger partial charge in [0.15, 0.2) is 11.4 Å². The largest absolute Gasteiger partial charge is 0.508 e. The number of aromatic amines is 1. The number of pyridine rings is 2. The second-order valence-electron chi connectivity index (χ2n) is 19.4. The van der Waals surface area contributed by atoms with Gasteiger partial charge < -0.3 is 38.6 Å². The first-order chi connectivity index (χ1) is 33.6. The van der Waals surface area contributed by atoms with Crippen LogP contribution in [-0.2, 0) is 41.2 Å². The van der Waals surface area contributed by atoms with Gasteiger partial charge in [0.2, 0.25) is 0 Å². The maximum Gasteiger partial charge on any atom is 0.415 e. The molecule has 7 aromatic rings. The highest BCUT2D eigenvalue weighted by molar-refractivity contribution is 5.90. The second-order valence-corrected chi connectivity index (χ2v) is 19.4. The zero-order chi connectivity index (χ0) is 49.3. The number of carbonyl (C=O) groups is 2. The molecule has 0 bridgehead atoms. The summed E-state index contributed by atoms with van der Waals surface area (Å²) in [7, 11) is 1.70. The van der Waals surface area contributed by atoms with Gasteiger partial charge >= 0.3 is 17.8 Å². The Labute approximate surface area is 404 Å². The molecule has 0 unspecified atom stereocenters. The number of rotatable bonds is 12. The highest BCUT2D eigenvalue weighted by Gasteiger charge is 2.45. The van der Waals surface area contributed by atoms with Crippen LogP contribution in [0.25, 0.3) is 50.3 Å². The number of likely N-dealkylation sites (N-methyl/N-ethyl adjacent to an activating group) is 1. The summed E-state index contributed by atoms with van der Waals surface area (Å²) in [5.74, 6) is 0.965. The molecule has 3 aliphatic heterocycles. The Morgan fingerprint density at radius 2 is 1.83 bits per heavy atom. The Hall–Kier alpha value is -7.46. The molecule has 4 aromatic heterocycles. The van der Waals surface area contributed by atoms with Crippen molar-refractivity contribution in [1.29, 1.82) is 0 Å². The van der Waals surface area contributed by atoms with Crippen LogP contribution < -0.4 is 16.0 Å². The third-order valence-electron chi connectivity index (χ3n) is 14.8. The van der Waals surface area contributed by atoms with Crippen molar-refractivity contribution < 1.29 is 29.3 Å². The standard InChI is InChI=1S/C54H58N8O8/c1-8-37-40-24-36(11-12-44(40)55-48-41(37)28-61-46(48)26-43-42(50(61)64)29-69-51(65)54(43,68)9-2)70-53(67)58(7)27-32(6)59-18-14-33(15-19-59)16-20-60-21-17-34-23-35(10-13-45(34)60)62-49(56-57-52(62)66)39-25-38(30(3)4)47(63)22-31(39)5/h10-13,17,21-26,30,33,63,68H,6,8-9,14-16,18-20,27-29H2,1-5,7H3,(H,57,66)/t54-/m0/s1. The molecule has 362 valence electrons. The molecular formula is C54H58N8O8. The van der Waals surface area contributed by atoms with E-state index in [-0.39, 0.29) is 53.6 Å². The van der Waals surface area contributed by atoms with E-state index in [1.165, 1.54) is 4.90 Å². The molecule has 0 radical (unpaired) electrons. The third kappa shape index (κ3) is 7.83. The summed E-state index contributed by atoms with van der Waals surface area (Å²) in [5.41, 5.74) is 6.73. The molecule has 70 heavy (non-hydrogen) atoms. The number of carbonyl (C=O) groups excluding carboxylic acids is 2. The number of amides is 1. The van der Waals surface area contributed by atoms with Crippen LogP contribution in [0.1, 0.15) is 92.7 Å². The number of phenolic OH excluding ortho intramolecular Hbond substituents is 1. The average molecular weight is 947 g/mol. The molecule has 16 nitrogen and oxygen atoms in total. The number of likely N-dealkylation sites (tertiary alicyclic amines) is 1. The zero-order valence-electron chi connectivity index (χ0n) is 40.5. The number of cyclic esters (lactones) is 1. The fourth-order valence-corrected chi connectivity index (χ4v) is 10.7. The van der Waals surface area contributed by atoms with E-state index in [1.807, 2.05) is 52.0 Å². The van der Waals surface area contributed by atoms with Crippen LogP contribution in [-0.4, -0.2) is 87.6 Å². The lowest BCUT2D eigenvalue weighted by Crippen LogP contribution is -2.44. The zero-order valence-corrected chi connectivity index (χ0v) is 40.5. The van der Waals surface area contributed by atoms with Crippen LogP contribution in [0.2, 0.25) is 0 Å². The minimum absolute atomic E-state index is 0.0643. The fraction of sp³-hybridized carbons (Fsp3) is 0.370. The summed E-state index contributed by atoms with van der Waals surface area (Å²) >= 11 is 0. The summed E-state index contributed by atoms with van der Waals surface area (Å²) < 4.78 is 16.6. The molecule has 1 atom stereocenters. The Kier molecular flexibility index (Phi) is 11.8. The number of nitrogens with zero attached hydrogens (tertiary/aromatic N) is 7. The van der Waals surface area contributed by atoms with Gasteiger partial charge in [-0.05, 0) is 128 Å². The van der Waals surface area contributed by atoms with Gasteiger partial charge in [-0.15, -0.1) is 0 Å². The molecule has 0 saturated carbocycles. The van der Waals surface area contributed by atoms with Gasteiger partial charge in [0.1, 0.15) is 18.1 Å². The number of ether oxygens (including phenoxy) is 2. The molecule has 7 heterocycles. The first-order valence-corrected chi connectivity index (χ1v) is 24.2. The smallest absolute Gasteiger partial charge is 0.415 e. The Morgan fingerprint density at radius 1 is 1.04 bits per heavy atom. The van der Waals surface area contributed by atoms with E-state index < -0.39 is 17.7 Å². The first kappa shape index (κ1) is 46.3. The number of aromatic hydroxyl groups is 1. The number of piperidine rings is 1. The molecule has 0 spiro atoms. The number of nitrogens with one attached hydrogen (secondary N) is 1. The maximum atomic E-state index is 13.8. The maximum absolute atomic E-state index is 13.8. The Bertz CT molecular complexity index is 3410. The van der Waals surface area contributed by atoms with Gasteiger partial charge in [-0.25, -0.2) is 29.0 Å². The van der Waals surface area contributed by atoms with Crippen LogP contribution in [0, 0.1) is 12.8 Å². The number of aromatic nitrogens is 6. The average Bonchev–Trinajstić information content (AvgIpc) is 4.05.